The van der Waals surface area contributed by atoms with E-state index in [1.807, 2.05) is 23.1 Å². The number of fused-ring (bicyclic) bond motifs is 5. The van der Waals surface area contributed by atoms with Crippen molar-refractivity contribution in [2.45, 2.75) is 9.79 Å². The summed E-state index contributed by atoms with van der Waals surface area (Å²) in [5.74, 6) is 0. The molecule has 7 aromatic carbocycles. The summed E-state index contributed by atoms with van der Waals surface area (Å²) in [6.45, 7) is 0. The number of thiophene rings is 1. The molecule has 0 fully saturated rings. The maximum absolute atomic E-state index is 2.34. The van der Waals surface area contributed by atoms with E-state index in [2.05, 4.69) is 146 Å². The van der Waals surface area contributed by atoms with E-state index in [1.165, 1.54) is 85.2 Å². The van der Waals surface area contributed by atoms with Gasteiger partial charge in [-0.25, -0.2) is 0 Å². The zero-order valence-electron chi connectivity index (χ0n) is 22.7. The molecule has 1 aliphatic heterocycles. The summed E-state index contributed by atoms with van der Waals surface area (Å²) in [6, 6.07) is 53.6. The molecular formula is C40H24S2. The minimum absolute atomic E-state index is 1.23. The predicted octanol–water partition coefficient (Wildman–Crippen LogP) is 12.3. The van der Waals surface area contributed by atoms with Crippen LogP contribution in [-0.4, -0.2) is 0 Å². The molecule has 0 N–H and O–H groups in total. The fourth-order valence-electron chi connectivity index (χ4n) is 6.56. The van der Waals surface area contributed by atoms with E-state index in [0.717, 1.165) is 0 Å². The molecule has 0 nitrogen and oxygen atoms in total. The van der Waals surface area contributed by atoms with Crippen LogP contribution in [0.4, 0.5) is 0 Å². The third kappa shape index (κ3) is 3.69. The first-order valence-electron chi connectivity index (χ1n) is 14.3. The van der Waals surface area contributed by atoms with Gasteiger partial charge >= 0.3 is 0 Å². The van der Waals surface area contributed by atoms with Gasteiger partial charge in [-0.05, 0) is 80.2 Å². The summed E-state index contributed by atoms with van der Waals surface area (Å²) in [4.78, 5) is 2.67. The second-order valence-corrected chi connectivity index (χ2v) is 13.0. The van der Waals surface area contributed by atoms with Crippen LogP contribution in [0.2, 0.25) is 0 Å². The van der Waals surface area contributed by atoms with Gasteiger partial charge in [-0.3, -0.25) is 0 Å². The van der Waals surface area contributed by atoms with Gasteiger partial charge in [-0.1, -0.05) is 127 Å². The number of rotatable bonds is 3. The molecule has 0 saturated carbocycles. The van der Waals surface area contributed by atoms with Gasteiger partial charge in [0, 0.05) is 35.3 Å². The smallest absolute Gasteiger partial charge is 0.0361 e. The molecule has 0 amide bonds. The summed E-state index contributed by atoms with van der Waals surface area (Å²) in [5, 5.41) is 5.38. The SMILES string of the molecule is c1cc(-c2ccc(-c3cccc4sc5ccccc5c34)cc2)cc(-c2ccc3c4c(cccc24)-c2ccccc2S3)c1. The molecule has 0 atom stereocenters. The van der Waals surface area contributed by atoms with Crippen molar-refractivity contribution < 1.29 is 0 Å². The standard InChI is InChI=1S/C40H24S2/c1-3-15-35-31(10-1)33-14-6-13-32-29(22-23-38(41-35)40(32)33)28-9-5-8-27(24-28)25-18-20-26(21-19-25)30-12-7-17-37-39(30)34-11-2-4-16-36(34)42-37/h1-24H. The van der Waals surface area contributed by atoms with Crippen LogP contribution in [0, 0.1) is 0 Å². The van der Waals surface area contributed by atoms with Crippen molar-refractivity contribution in [3.63, 3.8) is 0 Å². The normalized spacial score (nSPS) is 12.2. The molecule has 1 aliphatic rings. The van der Waals surface area contributed by atoms with E-state index in [9.17, 15) is 0 Å². The Labute approximate surface area is 252 Å². The van der Waals surface area contributed by atoms with Gasteiger partial charge in [0.1, 0.15) is 0 Å². The van der Waals surface area contributed by atoms with Crippen LogP contribution >= 0.6 is 23.1 Å². The lowest BCUT2D eigenvalue weighted by molar-refractivity contribution is 1.40. The molecule has 2 heterocycles. The zero-order chi connectivity index (χ0) is 27.6. The fourth-order valence-corrected chi connectivity index (χ4v) is 8.82. The maximum atomic E-state index is 2.34. The van der Waals surface area contributed by atoms with Crippen molar-refractivity contribution >= 4 is 54.0 Å². The Bertz CT molecular complexity index is 2320. The van der Waals surface area contributed by atoms with Gasteiger partial charge in [0.2, 0.25) is 0 Å². The molecule has 0 aliphatic carbocycles. The zero-order valence-corrected chi connectivity index (χ0v) is 24.3. The second-order valence-electron chi connectivity index (χ2n) is 10.9. The molecule has 0 bridgehead atoms. The Balaban J connectivity index is 1.12. The van der Waals surface area contributed by atoms with Gasteiger partial charge in [0.25, 0.3) is 0 Å². The van der Waals surface area contributed by atoms with E-state index in [0.29, 0.717) is 0 Å². The van der Waals surface area contributed by atoms with Crippen molar-refractivity contribution in [2.75, 3.05) is 0 Å². The van der Waals surface area contributed by atoms with Crippen LogP contribution in [0.1, 0.15) is 0 Å². The van der Waals surface area contributed by atoms with Gasteiger partial charge in [-0.15, -0.1) is 11.3 Å². The molecule has 1 aromatic heterocycles. The van der Waals surface area contributed by atoms with Crippen LogP contribution in [-0.2, 0) is 0 Å². The highest BCUT2D eigenvalue weighted by Gasteiger charge is 2.20. The summed E-state index contributed by atoms with van der Waals surface area (Å²) >= 11 is 3.75. The average Bonchev–Trinajstić information content (AvgIpc) is 3.44. The Morgan fingerprint density at radius 1 is 0.333 bits per heavy atom. The van der Waals surface area contributed by atoms with Crippen molar-refractivity contribution in [3.8, 4) is 44.5 Å². The van der Waals surface area contributed by atoms with E-state index in [4.69, 9.17) is 0 Å². The molecule has 2 heteroatoms. The Morgan fingerprint density at radius 2 is 1.02 bits per heavy atom. The number of hydrogen-bond acceptors (Lipinski definition) is 2. The number of hydrogen-bond donors (Lipinski definition) is 0. The van der Waals surface area contributed by atoms with E-state index >= 15 is 0 Å². The van der Waals surface area contributed by atoms with Gasteiger partial charge in [0.15, 0.2) is 0 Å². The lowest BCUT2D eigenvalue weighted by Crippen LogP contribution is -1.94. The summed E-state index contributed by atoms with van der Waals surface area (Å²) in [6.07, 6.45) is 0. The monoisotopic (exact) mass is 568 g/mol. The minimum atomic E-state index is 1.23. The highest BCUT2D eigenvalue weighted by molar-refractivity contribution is 7.99. The first kappa shape index (κ1) is 24.0. The lowest BCUT2D eigenvalue weighted by Gasteiger charge is -2.21. The van der Waals surface area contributed by atoms with Crippen LogP contribution < -0.4 is 0 Å². The molecule has 42 heavy (non-hydrogen) atoms. The van der Waals surface area contributed by atoms with Gasteiger partial charge < -0.3 is 0 Å². The van der Waals surface area contributed by atoms with Crippen LogP contribution in [0.15, 0.2) is 155 Å². The lowest BCUT2D eigenvalue weighted by atomic mass is 9.91. The highest BCUT2D eigenvalue weighted by atomic mass is 32.2. The largest absolute Gasteiger partial charge is 0.135 e. The third-order valence-electron chi connectivity index (χ3n) is 8.50. The molecular weight excluding hydrogens is 545 g/mol. The Hall–Kier alpha value is -4.63. The highest BCUT2D eigenvalue weighted by Crippen LogP contribution is 2.49. The summed E-state index contributed by atoms with van der Waals surface area (Å²) in [5.41, 5.74) is 10.2. The molecule has 196 valence electrons. The molecule has 0 radical (unpaired) electrons. The van der Waals surface area contributed by atoms with Gasteiger partial charge in [-0.2, -0.15) is 0 Å². The van der Waals surface area contributed by atoms with Crippen molar-refractivity contribution in [1.29, 1.82) is 0 Å². The predicted molar refractivity (Wildman–Crippen MR) is 183 cm³/mol. The Kier molecular flexibility index (Phi) is 5.41. The molecule has 0 saturated heterocycles. The molecule has 8 aromatic rings. The van der Waals surface area contributed by atoms with Crippen molar-refractivity contribution in [2.24, 2.45) is 0 Å². The summed E-state index contributed by atoms with van der Waals surface area (Å²) < 4.78 is 2.68. The van der Waals surface area contributed by atoms with E-state index < -0.39 is 0 Å². The van der Waals surface area contributed by atoms with Crippen LogP contribution in [0.25, 0.3) is 75.5 Å². The van der Waals surface area contributed by atoms with Gasteiger partial charge in [0.05, 0.1) is 0 Å². The first-order valence-corrected chi connectivity index (χ1v) is 15.9. The topological polar surface area (TPSA) is 0 Å². The molecule has 0 unspecified atom stereocenters. The quantitative estimate of drug-likeness (QED) is 0.204. The fraction of sp³-hybridized carbons (Fsp3) is 0. The molecule has 9 rings (SSSR count). The van der Waals surface area contributed by atoms with Crippen molar-refractivity contribution in [1.82, 2.24) is 0 Å². The van der Waals surface area contributed by atoms with Crippen LogP contribution in [0.5, 0.6) is 0 Å². The second kappa shape index (κ2) is 9.46. The van der Waals surface area contributed by atoms with E-state index in [1.54, 1.807) is 0 Å². The average molecular weight is 569 g/mol. The minimum Gasteiger partial charge on any atom is -0.135 e. The Morgan fingerprint density at radius 3 is 1.98 bits per heavy atom. The maximum Gasteiger partial charge on any atom is 0.0361 e. The molecule has 0 spiro atoms. The summed E-state index contributed by atoms with van der Waals surface area (Å²) in [7, 11) is 0. The number of benzene rings is 7. The van der Waals surface area contributed by atoms with Crippen molar-refractivity contribution in [3.05, 3.63) is 146 Å². The van der Waals surface area contributed by atoms with Crippen LogP contribution in [0.3, 0.4) is 0 Å². The van der Waals surface area contributed by atoms with E-state index in [-0.39, 0.29) is 0 Å². The third-order valence-corrected chi connectivity index (χ3v) is 10.8. The first-order chi connectivity index (χ1) is 20.8.